The van der Waals surface area contributed by atoms with Crippen molar-refractivity contribution < 1.29 is 14.4 Å². The fourth-order valence-corrected chi connectivity index (χ4v) is 4.94. The Morgan fingerprint density at radius 2 is 1.62 bits per heavy atom. The molecule has 0 saturated carbocycles. The fourth-order valence-electron chi connectivity index (χ4n) is 4.94. The van der Waals surface area contributed by atoms with Crippen LogP contribution < -0.4 is 20.4 Å². The average molecular weight is 538 g/mol. The van der Waals surface area contributed by atoms with Gasteiger partial charge in [-0.2, -0.15) is 0 Å². The van der Waals surface area contributed by atoms with Gasteiger partial charge in [-0.15, -0.1) is 0 Å². The quantitative estimate of drug-likeness (QED) is 0.450. The standard InChI is InChI=1S/C32H35N5O3/c1-32(2,3)27(38)21-37-26-17-8-7-16-25(26)28(22-12-5-4-6-13-22)34-29(30(37)39)35-31(40)33-23-14-11-15-24(20-23)36-18-9-10-19-36/h4-8,11-17,20,29H,9-10,18-19,21H2,1-3H3,(H2,33,35,40)/t29-/m1/s1. The molecule has 1 saturated heterocycles. The smallest absolute Gasteiger partial charge is 0.321 e. The molecule has 1 atom stereocenters. The molecule has 2 N–H and O–H groups in total. The lowest BCUT2D eigenvalue weighted by Crippen LogP contribution is -2.50. The molecule has 2 heterocycles. The molecule has 206 valence electrons. The molecule has 0 bridgehead atoms. The number of urea groups is 1. The molecular weight excluding hydrogens is 502 g/mol. The average Bonchev–Trinajstić information content (AvgIpc) is 3.46. The highest BCUT2D eigenvalue weighted by atomic mass is 16.2. The number of para-hydroxylation sites is 1. The van der Waals surface area contributed by atoms with E-state index >= 15 is 0 Å². The van der Waals surface area contributed by atoms with Crippen molar-refractivity contribution in [3.63, 3.8) is 0 Å². The summed E-state index contributed by atoms with van der Waals surface area (Å²) in [6.45, 7) is 7.34. The topological polar surface area (TPSA) is 94.1 Å². The van der Waals surface area contributed by atoms with E-state index in [4.69, 9.17) is 4.99 Å². The van der Waals surface area contributed by atoms with Crippen molar-refractivity contribution in [2.45, 2.75) is 39.8 Å². The second kappa shape index (κ2) is 11.3. The Bertz CT molecular complexity index is 1440. The number of amides is 3. The van der Waals surface area contributed by atoms with Gasteiger partial charge < -0.3 is 20.4 Å². The first-order valence-corrected chi connectivity index (χ1v) is 13.7. The molecule has 8 nitrogen and oxygen atoms in total. The van der Waals surface area contributed by atoms with E-state index < -0.39 is 23.5 Å². The van der Waals surface area contributed by atoms with Crippen molar-refractivity contribution in [1.82, 2.24) is 5.32 Å². The normalized spacial score (nSPS) is 17.1. The van der Waals surface area contributed by atoms with Crippen LogP contribution in [0.3, 0.4) is 0 Å². The van der Waals surface area contributed by atoms with Crippen molar-refractivity contribution in [3.05, 3.63) is 90.0 Å². The minimum atomic E-state index is -1.24. The summed E-state index contributed by atoms with van der Waals surface area (Å²) in [5.41, 5.74) is 3.69. The molecule has 2 aliphatic heterocycles. The second-order valence-electron chi connectivity index (χ2n) is 11.2. The van der Waals surface area contributed by atoms with Gasteiger partial charge in [0, 0.05) is 41.0 Å². The third-order valence-electron chi connectivity index (χ3n) is 7.24. The van der Waals surface area contributed by atoms with Gasteiger partial charge in [-0.1, -0.05) is 75.4 Å². The van der Waals surface area contributed by atoms with Gasteiger partial charge in [-0.25, -0.2) is 9.79 Å². The number of hydrogen-bond acceptors (Lipinski definition) is 5. The van der Waals surface area contributed by atoms with Gasteiger partial charge in [0.2, 0.25) is 6.17 Å². The van der Waals surface area contributed by atoms with Crippen LogP contribution in [0.4, 0.5) is 21.9 Å². The largest absolute Gasteiger partial charge is 0.371 e. The van der Waals surface area contributed by atoms with Gasteiger partial charge in [0.15, 0.2) is 5.78 Å². The van der Waals surface area contributed by atoms with Crippen LogP contribution >= 0.6 is 0 Å². The van der Waals surface area contributed by atoms with Crippen LogP contribution in [0.5, 0.6) is 0 Å². The molecule has 0 unspecified atom stereocenters. The van der Waals surface area contributed by atoms with Gasteiger partial charge in [-0.3, -0.25) is 9.59 Å². The number of ketones is 1. The molecule has 8 heteroatoms. The summed E-state index contributed by atoms with van der Waals surface area (Å²) in [6, 6.07) is 24.1. The van der Waals surface area contributed by atoms with Gasteiger partial charge in [0.05, 0.1) is 17.9 Å². The Hall–Kier alpha value is -4.46. The highest BCUT2D eigenvalue weighted by Gasteiger charge is 2.36. The molecule has 3 aromatic carbocycles. The zero-order valence-electron chi connectivity index (χ0n) is 23.2. The fraction of sp³-hybridized carbons (Fsp3) is 0.312. The molecule has 3 amide bonds. The minimum absolute atomic E-state index is 0.0965. The SMILES string of the molecule is CC(C)(C)C(=O)CN1C(=O)[C@@H](NC(=O)Nc2cccc(N3CCCC3)c2)N=C(c2ccccc2)c2ccccc21. The number of carbonyl (C=O) groups excluding carboxylic acids is 3. The zero-order valence-corrected chi connectivity index (χ0v) is 23.2. The lowest BCUT2D eigenvalue weighted by Gasteiger charge is -2.28. The molecule has 40 heavy (non-hydrogen) atoms. The summed E-state index contributed by atoms with van der Waals surface area (Å²) in [5, 5.41) is 5.64. The van der Waals surface area contributed by atoms with Gasteiger partial charge in [0.1, 0.15) is 0 Å². The minimum Gasteiger partial charge on any atom is -0.371 e. The lowest BCUT2D eigenvalue weighted by atomic mass is 9.90. The number of benzodiazepines with no additional fused rings is 1. The number of rotatable bonds is 6. The van der Waals surface area contributed by atoms with Gasteiger partial charge >= 0.3 is 6.03 Å². The van der Waals surface area contributed by atoms with Crippen LogP contribution in [0, 0.1) is 5.41 Å². The Kier molecular flexibility index (Phi) is 7.69. The number of benzene rings is 3. The Balaban J connectivity index is 1.47. The van der Waals surface area contributed by atoms with E-state index in [0.717, 1.165) is 37.2 Å². The van der Waals surface area contributed by atoms with Crippen LogP contribution in [0.2, 0.25) is 0 Å². The van der Waals surface area contributed by atoms with Gasteiger partial charge in [-0.05, 0) is 37.1 Å². The number of anilines is 3. The van der Waals surface area contributed by atoms with E-state index in [1.54, 1.807) is 0 Å². The third-order valence-corrected chi connectivity index (χ3v) is 7.24. The summed E-state index contributed by atoms with van der Waals surface area (Å²) in [7, 11) is 0. The van der Waals surface area contributed by atoms with E-state index in [0.29, 0.717) is 22.6 Å². The highest BCUT2D eigenvalue weighted by molar-refractivity contribution is 6.21. The van der Waals surface area contributed by atoms with E-state index in [-0.39, 0.29) is 12.3 Å². The monoisotopic (exact) mass is 537 g/mol. The van der Waals surface area contributed by atoms with E-state index in [9.17, 15) is 14.4 Å². The van der Waals surface area contributed by atoms with E-state index in [1.807, 2.05) is 99.6 Å². The predicted molar refractivity (Wildman–Crippen MR) is 159 cm³/mol. The third kappa shape index (κ3) is 5.91. The molecule has 1 fully saturated rings. The molecule has 0 aliphatic carbocycles. The Morgan fingerprint density at radius 1 is 0.925 bits per heavy atom. The maximum atomic E-state index is 14.0. The predicted octanol–water partition coefficient (Wildman–Crippen LogP) is 5.23. The summed E-state index contributed by atoms with van der Waals surface area (Å²) in [4.78, 5) is 48.9. The molecule has 0 radical (unpaired) electrons. The van der Waals surface area contributed by atoms with Crippen LogP contribution in [0.15, 0.2) is 83.9 Å². The number of carbonyl (C=O) groups is 3. The Labute approximate surface area is 235 Å². The molecule has 5 rings (SSSR count). The van der Waals surface area contributed by atoms with Crippen molar-refractivity contribution in [1.29, 1.82) is 0 Å². The number of nitrogens with one attached hydrogen (secondary N) is 2. The molecular formula is C32H35N5O3. The first-order chi connectivity index (χ1) is 19.2. The van der Waals surface area contributed by atoms with Crippen molar-refractivity contribution in [2.24, 2.45) is 10.4 Å². The number of Topliss-reactive ketones (excluding diaryl/α,β-unsaturated/α-hetero) is 1. The van der Waals surface area contributed by atoms with Crippen LogP contribution in [-0.2, 0) is 9.59 Å². The zero-order chi connectivity index (χ0) is 28.3. The molecule has 0 aromatic heterocycles. The van der Waals surface area contributed by atoms with Crippen molar-refractivity contribution >= 4 is 40.5 Å². The van der Waals surface area contributed by atoms with E-state index in [2.05, 4.69) is 15.5 Å². The van der Waals surface area contributed by atoms with E-state index in [1.165, 1.54) is 4.90 Å². The maximum Gasteiger partial charge on any atom is 0.321 e. The van der Waals surface area contributed by atoms with Crippen LogP contribution in [0.25, 0.3) is 0 Å². The summed E-state index contributed by atoms with van der Waals surface area (Å²) < 4.78 is 0. The summed E-state index contributed by atoms with van der Waals surface area (Å²) in [5.74, 6) is -0.572. The first-order valence-electron chi connectivity index (χ1n) is 13.7. The number of hydrogen-bond donors (Lipinski definition) is 2. The maximum absolute atomic E-state index is 14.0. The van der Waals surface area contributed by atoms with Crippen LogP contribution in [-0.4, -0.2) is 49.2 Å². The number of nitrogens with zero attached hydrogens (tertiary/aromatic N) is 3. The van der Waals surface area contributed by atoms with Gasteiger partial charge in [0.25, 0.3) is 5.91 Å². The van der Waals surface area contributed by atoms with Crippen molar-refractivity contribution in [3.8, 4) is 0 Å². The van der Waals surface area contributed by atoms with Crippen LogP contribution in [0.1, 0.15) is 44.7 Å². The molecule has 3 aromatic rings. The second-order valence-corrected chi connectivity index (χ2v) is 11.2. The number of fused-ring (bicyclic) bond motifs is 1. The lowest BCUT2D eigenvalue weighted by molar-refractivity contribution is -0.127. The molecule has 2 aliphatic rings. The highest BCUT2D eigenvalue weighted by Crippen LogP contribution is 2.30. The first kappa shape index (κ1) is 27.1. The number of aliphatic imine (C=N–C) groups is 1. The van der Waals surface area contributed by atoms with Crippen molar-refractivity contribution in [2.75, 3.05) is 34.8 Å². The summed E-state index contributed by atoms with van der Waals surface area (Å²) >= 11 is 0. The Morgan fingerprint density at radius 3 is 2.35 bits per heavy atom. The molecule has 0 spiro atoms. The summed E-state index contributed by atoms with van der Waals surface area (Å²) in [6.07, 6.45) is 1.07.